The van der Waals surface area contributed by atoms with E-state index in [1.165, 1.54) is 14.2 Å². The van der Waals surface area contributed by atoms with Gasteiger partial charge in [-0.3, -0.25) is 14.6 Å². The fourth-order valence-corrected chi connectivity index (χ4v) is 11.3. The molecule has 1 aliphatic carbocycles. The van der Waals surface area contributed by atoms with Crippen molar-refractivity contribution >= 4 is 44.0 Å². The van der Waals surface area contributed by atoms with E-state index in [1.54, 1.807) is 27.0 Å². The summed E-state index contributed by atoms with van der Waals surface area (Å²) in [6.45, 7) is 8.83. The van der Waals surface area contributed by atoms with Crippen LogP contribution in [0.15, 0.2) is 59.7 Å². The van der Waals surface area contributed by atoms with Crippen LogP contribution in [-0.2, 0) is 19.1 Å². The first-order chi connectivity index (χ1) is 27.5. The lowest BCUT2D eigenvalue weighted by Gasteiger charge is -2.30. The number of benzene rings is 2. The smallest absolute Gasteiger partial charge is 0.407 e. The number of ether oxygens (including phenoxy) is 2. The van der Waals surface area contributed by atoms with Gasteiger partial charge in [0, 0.05) is 12.6 Å². The summed E-state index contributed by atoms with van der Waals surface area (Å²) in [5.41, 5.74) is 5.63. The minimum atomic E-state index is -3.12. The van der Waals surface area contributed by atoms with Gasteiger partial charge in [0.15, 0.2) is 0 Å². The molecule has 17 heteroatoms. The van der Waals surface area contributed by atoms with Crippen LogP contribution < -0.4 is 16.0 Å². The molecule has 2 fully saturated rings. The zero-order valence-corrected chi connectivity index (χ0v) is 34.6. The van der Waals surface area contributed by atoms with E-state index in [2.05, 4.69) is 49.6 Å². The molecule has 4 aliphatic rings. The van der Waals surface area contributed by atoms with Gasteiger partial charge in [-0.15, -0.1) is 0 Å². The number of amides is 4. The number of alkyl halides is 2. The summed E-state index contributed by atoms with van der Waals surface area (Å²) in [7, 11) is 0.703. The lowest BCUT2D eigenvalue weighted by molar-refractivity contribution is -0.135. The highest BCUT2D eigenvalue weighted by Gasteiger charge is 2.52. The Kier molecular flexibility index (Phi) is 10.9. The van der Waals surface area contributed by atoms with Crippen LogP contribution in [0.1, 0.15) is 56.2 Å². The number of amidine groups is 1. The molecule has 0 saturated carbocycles. The zero-order valence-electron chi connectivity index (χ0n) is 33.6. The zero-order chi connectivity index (χ0) is 41.7. The first kappa shape index (κ1) is 40.6. The highest BCUT2D eigenvalue weighted by molar-refractivity contribution is 6.78. The van der Waals surface area contributed by atoms with Crippen LogP contribution in [0, 0.1) is 5.92 Å². The van der Waals surface area contributed by atoms with Gasteiger partial charge in [-0.05, 0) is 52.8 Å². The maximum absolute atomic E-state index is 15.0. The second-order valence-electron chi connectivity index (χ2n) is 16.7. The van der Waals surface area contributed by atoms with Crippen LogP contribution >= 0.6 is 0 Å². The van der Waals surface area contributed by atoms with Gasteiger partial charge in [0.05, 0.1) is 58.9 Å². The molecule has 3 aromatic rings. The Morgan fingerprint density at radius 2 is 1.59 bits per heavy atom. The van der Waals surface area contributed by atoms with E-state index in [0.717, 1.165) is 44.5 Å². The molecule has 2 aromatic carbocycles. The van der Waals surface area contributed by atoms with Crippen molar-refractivity contribution in [3.05, 3.63) is 71.7 Å². The molecule has 4 amide bonds. The van der Waals surface area contributed by atoms with Gasteiger partial charge in [0.25, 0.3) is 5.92 Å². The average Bonchev–Trinajstić information content (AvgIpc) is 3.99. The highest BCUT2D eigenvalue weighted by Crippen LogP contribution is 2.41. The summed E-state index contributed by atoms with van der Waals surface area (Å²) in [6, 6.07) is 11.4. The van der Waals surface area contributed by atoms with Crippen molar-refractivity contribution < 1.29 is 37.4 Å². The average molecular weight is 817 g/mol. The Bertz CT molecular complexity index is 2160. The quantitative estimate of drug-likeness (QED) is 0.200. The molecule has 58 heavy (non-hydrogen) atoms. The Morgan fingerprint density at radius 1 is 0.914 bits per heavy atom. The number of halogens is 2. The van der Waals surface area contributed by atoms with Crippen LogP contribution in [0.25, 0.3) is 28.5 Å². The lowest BCUT2D eigenvalue weighted by Crippen LogP contribution is -2.55. The van der Waals surface area contributed by atoms with Crippen molar-refractivity contribution in [2.24, 2.45) is 10.9 Å². The number of nitrogens with one attached hydrogen (secondary N) is 4. The topological polar surface area (TPSA) is 170 Å². The monoisotopic (exact) mass is 816 g/mol. The fraction of sp³-hybridized carbons (Fsp3) is 0.463. The number of H-pyrrole nitrogens is 1. The second kappa shape index (κ2) is 15.6. The molecule has 3 aliphatic heterocycles. The number of hydrogen-bond acceptors (Lipinski definition) is 9. The predicted molar refractivity (Wildman–Crippen MR) is 217 cm³/mol. The third kappa shape index (κ3) is 8.08. The first-order valence-electron chi connectivity index (χ1n) is 19.5. The van der Waals surface area contributed by atoms with Gasteiger partial charge in [-0.1, -0.05) is 75.5 Å². The van der Waals surface area contributed by atoms with Gasteiger partial charge < -0.3 is 40.2 Å². The summed E-state index contributed by atoms with van der Waals surface area (Å²) >= 11 is 0. The number of nitrogens with zero attached hydrogens (tertiary/aromatic N) is 4. The van der Waals surface area contributed by atoms with Crippen LogP contribution in [0.2, 0.25) is 19.1 Å². The molecular weight excluding hydrogens is 767 g/mol. The first-order valence-corrected chi connectivity index (χ1v) is 22.9. The van der Waals surface area contributed by atoms with Crippen molar-refractivity contribution in [1.29, 1.82) is 0 Å². The number of imidazole rings is 1. The van der Waals surface area contributed by atoms with E-state index >= 15 is 0 Å². The molecule has 0 bridgehead atoms. The number of hydrogen-bond donors (Lipinski definition) is 4. The molecule has 14 nitrogen and oxygen atoms in total. The highest BCUT2D eigenvalue weighted by atomic mass is 28.3. The maximum atomic E-state index is 15.0. The molecular formula is C41H50F2N8O6Si. The number of fused-ring (bicyclic) bond motifs is 3. The number of aromatic amines is 1. The summed E-state index contributed by atoms with van der Waals surface area (Å²) in [5.74, 6) is -3.24. The standard InChI is InChI=1S/C41H50F2N8O6Si/c1-22(2)33(49-40(55)57-5)38(53)50-20-41(42,43)17-31(50)36-46-29-15-13-27-16-26(12-14-28(27)34(29)48-36)24-8-10-25(11-9-24)30-18-44-35(47-30)32-19-58(6,7)21-51(32)37(52)23(3)45-39(54)56-4/h8-16,18,22-23,29,31-34H,17,19-21H2,1-7H3,(H,44,47)(H,45,54)(H,46,48)(H,49,55)/t23-,29?,31-,32-,33-,34?/m0/s1. The number of alkyl carbamates (subject to hydrolysis) is 2. The molecule has 1 aromatic heterocycles. The predicted octanol–water partition coefficient (Wildman–Crippen LogP) is 5.67. The van der Waals surface area contributed by atoms with Gasteiger partial charge in [-0.2, -0.15) is 0 Å². The summed E-state index contributed by atoms with van der Waals surface area (Å²) < 4.78 is 39.3. The van der Waals surface area contributed by atoms with Crippen molar-refractivity contribution in [1.82, 2.24) is 35.7 Å². The Balaban J connectivity index is 1.06. The van der Waals surface area contributed by atoms with E-state index < -0.39 is 63.2 Å². The number of methoxy groups -OCH3 is 2. The largest absolute Gasteiger partial charge is 0.453 e. The van der Waals surface area contributed by atoms with E-state index in [4.69, 9.17) is 9.98 Å². The molecule has 7 rings (SSSR count). The Morgan fingerprint density at radius 3 is 2.28 bits per heavy atom. The molecule has 0 spiro atoms. The maximum Gasteiger partial charge on any atom is 0.407 e. The molecule has 4 N–H and O–H groups in total. The Labute approximate surface area is 336 Å². The second-order valence-corrected chi connectivity index (χ2v) is 21.8. The number of carbonyl (C=O) groups is 4. The van der Waals surface area contributed by atoms with Gasteiger partial charge >= 0.3 is 12.2 Å². The third-order valence-electron chi connectivity index (χ3n) is 11.4. The van der Waals surface area contributed by atoms with Crippen LogP contribution in [0.4, 0.5) is 18.4 Å². The van der Waals surface area contributed by atoms with E-state index in [-0.39, 0.29) is 30.0 Å². The summed E-state index contributed by atoms with van der Waals surface area (Å²) in [6.07, 6.45) is 4.37. The van der Waals surface area contributed by atoms with E-state index in [0.29, 0.717) is 17.8 Å². The van der Waals surface area contributed by atoms with Crippen molar-refractivity contribution in [3.8, 4) is 22.4 Å². The van der Waals surface area contributed by atoms with Crippen molar-refractivity contribution in [2.75, 3.05) is 26.9 Å². The molecule has 0 radical (unpaired) electrons. The van der Waals surface area contributed by atoms with E-state index in [9.17, 15) is 28.0 Å². The SMILES string of the molecule is COC(=O)N[C@@H](C)C(=O)N1C[Si](C)(C)C[C@H]1c1ncc(-c2ccc(-c3ccc4c(c3)C=CC3NC([C@@H]5CC(F)(F)CN5C(=O)[C@@H](NC(=O)OC)C(C)C)=NC43)cc2)[nH]1. The van der Waals surface area contributed by atoms with Crippen molar-refractivity contribution in [2.45, 2.75) is 88.5 Å². The van der Waals surface area contributed by atoms with Gasteiger partial charge in [-0.25, -0.2) is 23.4 Å². The molecule has 308 valence electrons. The van der Waals surface area contributed by atoms with Crippen LogP contribution in [0.5, 0.6) is 0 Å². The van der Waals surface area contributed by atoms with Crippen molar-refractivity contribution in [3.63, 3.8) is 0 Å². The number of carbonyl (C=O) groups excluding carboxylic acids is 4. The normalized spacial score (nSPS) is 23.7. The lowest BCUT2D eigenvalue weighted by atomic mass is 9.88. The van der Waals surface area contributed by atoms with Gasteiger partial charge in [0.2, 0.25) is 11.8 Å². The third-order valence-corrected chi connectivity index (χ3v) is 14.1. The molecule has 2 saturated heterocycles. The number of likely N-dealkylation sites (tertiary alicyclic amines) is 1. The fourth-order valence-electron chi connectivity index (χ4n) is 8.45. The number of aliphatic imine (C=N–C) groups is 1. The molecule has 4 heterocycles. The molecule has 2 unspecified atom stereocenters. The number of rotatable bonds is 9. The van der Waals surface area contributed by atoms with Crippen LogP contribution in [-0.4, -0.2) is 115 Å². The van der Waals surface area contributed by atoms with Gasteiger partial charge in [0.1, 0.15) is 29.8 Å². The van der Waals surface area contributed by atoms with Crippen LogP contribution in [0.3, 0.4) is 0 Å². The number of aromatic nitrogens is 2. The molecule has 6 atom stereocenters. The minimum absolute atomic E-state index is 0.175. The minimum Gasteiger partial charge on any atom is -0.453 e. The Hall–Kier alpha value is -5.58. The van der Waals surface area contributed by atoms with E-state index in [1.807, 2.05) is 53.5 Å². The summed E-state index contributed by atoms with van der Waals surface area (Å²) in [5, 5.41) is 8.40. The summed E-state index contributed by atoms with van der Waals surface area (Å²) in [4.78, 5) is 66.9.